The summed E-state index contributed by atoms with van der Waals surface area (Å²) in [5.41, 5.74) is 0. The Kier molecular flexibility index (Phi) is 4.86. The van der Waals surface area contributed by atoms with Gasteiger partial charge >= 0.3 is 0 Å². The average Bonchev–Trinajstić information content (AvgIpc) is 2.90. The summed E-state index contributed by atoms with van der Waals surface area (Å²) in [6, 6.07) is 4.91. The van der Waals surface area contributed by atoms with Gasteiger partial charge in [0, 0.05) is 5.02 Å². The van der Waals surface area contributed by atoms with Gasteiger partial charge in [-0.1, -0.05) is 37.0 Å². The van der Waals surface area contributed by atoms with Gasteiger partial charge in [-0.2, -0.15) is 5.10 Å². The third-order valence-corrected chi connectivity index (χ3v) is 3.34. The summed E-state index contributed by atoms with van der Waals surface area (Å²) >= 11 is 11.9. The lowest BCUT2D eigenvalue weighted by atomic mass is 10.1. The molecule has 1 N–H and O–H groups in total. The van der Waals surface area contributed by atoms with Gasteiger partial charge in [0.15, 0.2) is 0 Å². The standard InChI is InChI=1S/C13H15Cl2N3O2/c1-8(2)12(19)13(18-7-16-6-17-18)20-11-4-3-9(14)5-10(11)15/h3-8,12-13,19H,1-2H3. The zero-order valence-electron chi connectivity index (χ0n) is 11.1. The van der Waals surface area contributed by atoms with E-state index in [1.165, 1.54) is 17.3 Å². The Morgan fingerprint density at radius 1 is 1.30 bits per heavy atom. The van der Waals surface area contributed by atoms with E-state index in [1.807, 2.05) is 13.8 Å². The SMILES string of the molecule is CC(C)C(O)C(Oc1ccc(Cl)cc1Cl)n1cncn1. The summed E-state index contributed by atoms with van der Waals surface area (Å²) in [7, 11) is 0. The topological polar surface area (TPSA) is 60.2 Å². The minimum atomic E-state index is -0.761. The van der Waals surface area contributed by atoms with E-state index < -0.39 is 12.3 Å². The molecule has 0 amide bonds. The number of rotatable bonds is 5. The second kappa shape index (κ2) is 6.43. The van der Waals surface area contributed by atoms with Gasteiger partial charge in [0.2, 0.25) is 6.23 Å². The molecule has 2 unspecified atom stereocenters. The lowest BCUT2D eigenvalue weighted by molar-refractivity contribution is -0.0414. The zero-order chi connectivity index (χ0) is 14.7. The van der Waals surface area contributed by atoms with Crippen LogP contribution in [0.4, 0.5) is 0 Å². The van der Waals surface area contributed by atoms with Gasteiger partial charge in [0.05, 0.1) is 5.02 Å². The number of hydrogen-bond donors (Lipinski definition) is 1. The molecule has 5 nitrogen and oxygen atoms in total. The largest absolute Gasteiger partial charge is 0.464 e. The maximum Gasteiger partial charge on any atom is 0.219 e. The van der Waals surface area contributed by atoms with Crippen molar-refractivity contribution in [2.24, 2.45) is 5.92 Å². The molecule has 1 aromatic heterocycles. The van der Waals surface area contributed by atoms with E-state index in [2.05, 4.69) is 10.1 Å². The van der Waals surface area contributed by atoms with E-state index in [4.69, 9.17) is 27.9 Å². The number of hydrogen-bond acceptors (Lipinski definition) is 4. The van der Waals surface area contributed by atoms with E-state index in [9.17, 15) is 5.11 Å². The molecular weight excluding hydrogens is 301 g/mol. The highest BCUT2D eigenvalue weighted by atomic mass is 35.5. The molecule has 0 aliphatic heterocycles. The molecule has 108 valence electrons. The summed E-state index contributed by atoms with van der Waals surface area (Å²) in [5, 5.41) is 15.2. The molecule has 0 saturated heterocycles. The Bertz CT molecular complexity index is 561. The predicted octanol–water partition coefficient (Wildman–Crippen LogP) is 3.18. The third kappa shape index (κ3) is 3.42. The fraction of sp³-hybridized carbons (Fsp3) is 0.385. The molecule has 0 aliphatic rings. The number of aromatic nitrogens is 3. The van der Waals surface area contributed by atoms with Crippen LogP contribution in [-0.2, 0) is 0 Å². The van der Waals surface area contributed by atoms with Gasteiger partial charge in [0.1, 0.15) is 24.5 Å². The maximum absolute atomic E-state index is 10.3. The minimum absolute atomic E-state index is 0.0183. The van der Waals surface area contributed by atoms with Crippen molar-refractivity contribution < 1.29 is 9.84 Å². The summed E-state index contributed by atoms with van der Waals surface area (Å²) < 4.78 is 7.24. The van der Waals surface area contributed by atoms with Crippen molar-refractivity contribution >= 4 is 23.2 Å². The summed E-state index contributed by atoms with van der Waals surface area (Å²) in [6.45, 7) is 3.78. The van der Waals surface area contributed by atoms with Gasteiger partial charge in [0.25, 0.3) is 0 Å². The first kappa shape index (κ1) is 15.1. The number of aliphatic hydroxyl groups excluding tert-OH is 1. The summed E-state index contributed by atoms with van der Waals surface area (Å²) in [5.74, 6) is 0.409. The highest BCUT2D eigenvalue weighted by Crippen LogP contribution is 2.31. The normalized spacial score (nSPS) is 14.3. The first-order valence-electron chi connectivity index (χ1n) is 6.13. The van der Waals surface area contributed by atoms with Crippen LogP contribution in [0, 0.1) is 5.92 Å². The first-order valence-corrected chi connectivity index (χ1v) is 6.88. The highest BCUT2D eigenvalue weighted by molar-refractivity contribution is 6.35. The Morgan fingerprint density at radius 2 is 2.05 bits per heavy atom. The van der Waals surface area contributed by atoms with E-state index in [-0.39, 0.29) is 5.92 Å². The molecule has 2 aromatic rings. The number of nitrogens with zero attached hydrogens (tertiary/aromatic N) is 3. The maximum atomic E-state index is 10.3. The van der Waals surface area contributed by atoms with Gasteiger partial charge in [-0.25, -0.2) is 9.67 Å². The van der Waals surface area contributed by atoms with Crippen molar-refractivity contribution in [3.8, 4) is 5.75 Å². The van der Waals surface area contributed by atoms with Gasteiger partial charge in [-0.3, -0.25) is 0 Å². The first-order chi connectivity index (χ1) is 9.49. The molecular formula is C13H15Cl2N3O2. The van der Waals surface area contributed by atoms with Crippen molar-refractivity contribution in [2.45, 2.75) is 26.2 Å². The number of benzene rings is 1. The molecule has 0 aliphatic carbocycles. The number of halogens is 2. The van der Waals surface area contributed by atoms with E-state index in [1.54, 1.807) is 18.2 Å². The van der Waals surface area contributed by atoms with Crippen molar-refractivity contribution in [1.82, 2.24) is 14.8 Å². The number of ether oxygens (including phenoxy) is 1. The quantitative estimate of drug-likeness (QED) is 0.920. The van der Waals surface area contributed by atoms with Crippen LogP contribution in [0.2, 0.25) is 10.0 Å². The molecule has 2 atom stereocenters. The second-order valence-corrected chi connectivity index (χ2v) is 5.54. The van der Waals surface area contributed by atoms with Crippen LogP contribution < -0.4 is 4.74 Å². The molecule has 0 fully saturated rings. The predicted molar refractivity (Wildman–Crippen MR) is 77.0 cm³/mol. The average molecular weight is 316 g/mol. The molecule has 7 heteroatoms. The van der Waals surface area contributed by atoms with Crippen LogP contribution >= 0.6 is 23.2 Å². The van der Waals surface area contributed by atoms with Gasteiger partial charge in [-0.05, 0) is 24.1 Å². The van der Waals surface area contributed by atoms with Crippen LogP contribution in [0.3, 0.4) is 0 Å². The molecule has 2 rings (SSSR count). The van der Waals surface area contributed by atoms with Crippen molar-refractivity contribution in [1.29, 1.82) is 0 Å². The molecule has 0 radical (unpaired) electrons. The van der Waals surface area contributed by atoms with Gasteiger partial charge in [-0.15, -0.1) is 0 Å². The smallest absolute Gasteiger partial charge is 0.219 e. The molecule has 1 heterocycles. The van der Waals surface area contributed by atoms with Crippen molar-refractivity contribution in [3.05, 3.63) is 40.9 Å². The molecule has 1 aromatic carbocycles. The Morgan fingerprint density at radius 3 is 2.60 bits per heavy atom. The van der Waals surface area contributed by atoms with E-state index in [0.717, 1.165) is 0 Å². The van der Waals surface area contributed by atoms with Gasteiger partial charge < -0.3 is 9.84 Å². The van der Waals surface area contributed by atoms with E-state index in [0.29, 0.717) is 15.8 Å². The van der Waals surface area contributed by atoms with Crippen molar-refractivity contribution in [3.63, 3.8) is 0 Å². The lowest BCUT2D eigenvalue weighted by Crippen LogP contribution is -2.33. The zero-order valence-corrected chi connectivity index (χ0v) is 12.6. The van der Waals surface area contributed by atoms with Crippen LogP contribution in [0.15, 0.2) is 30.9 Å². The summed E-state index contributed by atoms with van der Waals surface area (Å²) in [6.07, 6.45) is 1.40. The van der Waals surface area contributed by atoms with E-state index >= 15 is 0 Å². The van der Waals surface area contributed by atoms with Crippen LogP contribution in [0.5, 0.6) is 5.75 Å². The highest BCUT2D eigenvalue weighted by Gasteiger charge is 2.27. The van der Waals surface area contributed by atoms with Crippen molar-refractivity contribution in [2.75, 3.05) is 0 Å². The minimum Gasteiger partial charge on any atom is -0.464 e. The fourth-order valence-electron chi connectivity index (χ4n) is 1.66. The molecule has 0 spiro atoms. The monoisotopic (exact) mass is 315 g/mol. The molecule has 0 saturated carbocycles. The fourth-order valence-corrected chi connectivity index (χ4v) is 2.11. The Hall–Kier alpha value is -1.30. The lowest BCUT2D eigenvalue weighted by Gasteiger charge is -2.26. The molecule has 20 heavy (non-hydrogen) atoms. The Labute approximate surface area is 127 Å². The second-order valence-electron chi connectivity index (χ2n) is 4.69. The Balaban J connectivity index is 2.28. The van der Waals surface area contributed by atoms with Crippen LogP contribution in [-0.4, -0.2) is 26.0 Å². The summed E-state index contributed by atoms with van der Waals surface area (Å²) in [4.78, 5) is 3.87. The van der Waals surface area contributed by atoms with Crippen LogP contribution in [0.25, 0.3) is 0 Å². The number of aliphatic hydroxyl groups is 1. The molecule has 0 bridgehead atoms. The third-order valence-electron chi connectivity index (χ3n) is 2.81. The van der Waals surface area contributed by atoms with Crippen LogP contribution in [0.1, 0.15) is 20.1 Å².